The molecule has 0 aliphatic heterocycles. The van der Waals surface area contributed by atoms with Crippen molar-refractivity contribution in [3.8, 4) is 0 Å². The van der Waals surface area contributed by atoms with Gasteiger partial charge in [-0.25, -0.2) is 14.3 Å². The minimum Gasteiger partial charge on any atom is -0.477 e. The molecule has 1 aliphatic carbocycles. The smallest absolute Gasteiger partial charge is 0.354 e. The van der Waals surface area contributed by atoms with Crippen LogP contribution in [-0.4, -0.2) is 25.7 Å². The zero-order valence-corrected chi connectivity index (χ0v) is 10.0. The highest BCUT2D eigenvalue weighted by Gasteiger charge is 2.21. The second kappa shape index (κ2) is 4.40. The second-order valence-electron chi connectivity index (χ2n) is 4.81. The Morgan fingerprint density at radius 1 is 1.33 bits per heavy atom. The van der Waals surface area contributed by atoms with Gasteiger partial charge in [0.25, 0.3) is 0 Å². The molecule has 3 rings (SSSR count). The number of hydrogen-bond donors (Lipinski definition) is 1. The van der Waals surface area contributed by atoms with Crippen LogP contribution in [0.3, 0.4) is 0 Å². The van der Waals surface area contributed by atoms with E-state index in [-0.39, 0.29) is 5.69 Å². The van der Waals surface area contributed by atoms with Crippen LogP contribution in [-0.2, 0) is 0 Å². The van der Waals surface area contributed by atoms with Crippen LogP contribution >= 0.6 is 0 Å². The first-order valence-electron chi connectivity index (χ1n) is 6.33. The summed E-state index contributed by atoms with van der Waals surface area (Å²) in [5.74, 6) is -0.571. The van der Waals surface area contributed by atoms with E-state index in [1.807, 2.05) is 0 Å². The zero-order chi connectivity index (χ0) is 12.5. The van der Waals surface area contributed by atoms with Gasteiger partial charge < -0.3 is 5.11 Å². The lowest BCUT2D eigenvalue weighted by Crippen LogP contribution is -2.13. The highest BCUT2D eigenvalue weighted by atomic mass is 16.4. The van der Waals surface area contributed by atoms with Crippen LogP contribution in [0, 0.1) is 0 Å². The maximum absolute atomic E-state index is 11.1. The molecule has 0 bridgehead atoms. The Labute approximate surface area is 104 Å². The molecule has 2 aromatic heterocycles. The number of aromatic carboxylic acids is 1. The van der Waals surface area contributed by atoms with Crippen molar-refractivity contribution in [2.75, 3.05) is 0 Å². The van der Waals surface area contributed by atoms with Crippen LogP contribution in [0.15, 0.2) is 18.3 Å². The molecule has 0 unspecified atom stereocenters. The van der Waals surface area contributed by atoms with E-state index in [1.54, 1.807) is 22.8 Å². The van der Waals surface area contributed by atoms with Gasteiger partial charge in [0.1, 0.15) is 0 Å². The summed E-state index contributed by atoms with van der Waals surface area (Å²) >= 11 is 0. The average molecular weight is 245 g/mol. The van der Waals surface area contributed by atoms with Crippen LogP contribution in [0.4, 0.5) is 0 Å². The van der Waals surface area contributed by atoms with Crippen molar-refractivity contribution in [2.24, 2.45) is 0 Å². The molecule has 18 heavy (non-hydrogen) atoms. The summed E-state index contributed by atoms with van der Waals surface area (Å²) in [6.45, 7) is 0. The number of aromatic nitrogens is 3. The molecule has 1 aliphatic rings. The monoisotopic (exact) mass is 245 g/mol. The number of carboxylic acids is 1. The normalized spacial score (nSPS) is 17.1. The average Bonchev–Trinajstić information content (AvgIpc) is 2.86. The van der Waals surface area contributed by atoms with Gasteiger partial charge in [-0.05, 0) is 18.9 Å². The molecule has 2 heterocycles. The standard InChI is InChI=1S/C13H15N3O2/c17-13(18)10-8-11(9-4-2-1-3-5-9)16-12(15-10)6-7-14-16/h6-9H,1-5H2,(H,17,18). The van der Waals surface area contributed by atoms with Crippen molar-refractivity contribution < 1.29 is 9.90 Å². The number of fused-ring (bicyclic) bond motifs is 1. The summed E-state index contributed by atoms with van der Waals surface area (Å²) < 4.78 is 1.78. The van der Waals surface area contributed by atoms with Crippen molar-refractivity contribution in [2.45, 2.75) is 38.0 Å². The van der Waals surface area contributed by atoms with Gasteiger partial charge in [0.2, 0.25) is 0 Å². The van der Waals surface area contributed by atoms with Gasteiger partial charge in [-0.3, -0.25) is 0 Å². The van der Waals surface area contributed by atoms with Gasteiger partial charge >= 0.3 is 5.97 Å². The number of nitrogens with zero attached hydrogens (tertiary/aromatic N) is 3. The summed E-state index contributed by atoms with van der Waals surface area (Å²) in [4.78, 5) is 15.2. The molecule has 0 saturated heterocycles. The number of carbonyl (C=O) groups is 1. The Morgan fingerprint density at radius 3 is 2.83 bits per heavy atom. The van der Waals surface area contributed by atoms with E-state index in [4.69, 9.17) is 5.11 Å². The molecule has 1 fully saturated rings. The molecule has 0 aromatic carbocycles. The van der Waals surface area contributed by atoms with Gasteiger partial charge in [0.05, 0.1) is 6.20 Å². The molecule has 0 spiro atoms. The lowest BCUT2D eigenvalue weighted by Gasteiger charge is -2.22. The highest BCUT2D eigenvalue weighted by Crippen LogP contribution is 2.32. The second-order valence-corrected chi connectivity index (χ2v) is 4.81. The van der Waals surface area contributed by atoms with Gasteiger partial charge in [-0.1, -0.05) is 19.3 Å². The van der Waals surface area contributed by atoms with Gasteiger partial charge in [0.15, 0.2) is 11.3 Å². The molecular weight excluding hydrogens is 230 g/mol. The summed E-state index contributed by atoms with van der Waals surface area (Å²) in [5.41, 5.74) is 1.72. The molecule has 5 nitrogen and oxygen atoms in total. The summed E-state index contributed by atoms with van der Waals surface area (Å²) in [7, 11) is 0. The van der Waals surface area contributed by atoms with E-state index < -0.39 is 5.97 Å². The SMILES string of the molecule is O=C(O)c1cc(C2CCCCC2)n2nccc2n1. The van der Waals surface area contributed by atoms with E-state index in [0.29, 0.717) is 11.6 Å². The topological polar surface area (TPSA) is 67.5 Å². The molecule has 0 amide bonds. The third-order valence-corrected chi connectivity index (χ3v) is 3.63. The van der Waals surface area contributed by atoms with Crippen molar-refractivity contribution in [3.63, 3.8) is 0 Å². The molecule has 0 atom stereocenters. The lowest BCUT2D eigenvalue weighted by molar-refractivity contribution is 0.0690. The van der Waals surface area contributed by atoms with Gasteiger partial charge in [0, 0.05) is 17.7 Å². The number of hydrogen-bond acceptors (Lipinski definition) is 3. The Kier molecular flexibility index (Phi) is 2.74. The molecule has 5 heteroatoms. The van der Waals surface area contributed by atoms with E-state index in [2.05, 4.69) is 10.1 Å². The van der Waals surface area contributed by atoms with E-state index in [0.717, 1.165) is 18.5 Å². The van der Waals surface area contributed by atoms with Crippen molar-refractivity contribution in [3.05, 3.63) is 29.7 Å². The van der Waals surface area contributed by atoms with Crippen LogP contribution in [0.2, 0.25) is 0 Å². The lowest BCUT2D eigenvalue weighted by atomic mass is 9.86. The van der Waals surface area contributed by atoms with E-state index in [9.17, 15) is 4.79 Å². The van der Waals surface area contributed by atoms with Crippen LogP contribution in [0.25, 0.3) is 5.65 Å². The van der Waals surface area contributed by atoms with Crippen molar-refractivity contribution in [1.82, 2.24) is 14.6 Å². The Bertz CT molecular complexity index is 585. The fraction of sp³-hybridized carbons (Fsp3) is 0.462. The maximum atomic E-state index is 11.1. The molecule has 0 radical (unpaired) electrons. The minimum absolute atomic E-state index is 0.114. The molecular formula is C13H15N3O2. The quantitative estimate of drug-likeness (QED) is 0.882. The summed E-state index contributed by atoms with van der Waals surface area (Å²) in [5, 5.41) is 13.4. The van der Waals surface area contributed by atoms with Gasteiger partial charge in [-0.2, -0.15) is 5.10 Å². The fourth-order valence-electron chi connectivity index (χ4n) is 2.74. The van der Waals surface area contributed by atoms with Crippen molar-refractivity contribution >= 4 is 11.6 Å². The van der Waals surface area contributed by atoms with Gasteiger partial charge in [-0.15, -0.1) is 0 Å². The van der Waals surface area contributed by atoms with Crippen LogP contribution in [0.5, 0.6) is 0 Å². The first-order chi connectivity index (χ1) is 8.75. The Balaban J connectivity index is 2.12. The van der Waals surface area contributed by atoms with E-state index in [1.165, 1.54) is 19.3 Å². The Hall–Kier alpha value is -1.91. The summed E-state index contributed by atoms with van der Waals surface area (Å²) in [6, 6.07) is 3.43. The maximum Gasteiger partial charge on any atom is 0.354 e. The molecule has 1 saturated carbocycles. The highest BCUT2D eigenvalue weighted by molar-refractivity contribution is 5.86. The third-order valence-electron chi connectivity index (χ3n) is 3.63. The predicted octanol–water partition coefficient (Wildman–Crippen LogP) is 2.48. The first kappa shape index (κ1) is 11.2. The first-order valence-corrected chi connectivity index (χ1v) is 6.33. The van der Waals surface area contributed by atoms with Crippen LogP contribution < -0.4 is 0 Å². The molecule has 94 valence electrons. The fourth-order valence-corrected chi connectivity index (χ4v) is 2.74. The third kappa shape index (κ3) is 1.85. The number of rotatable bonds is 2. The molecule has 1 N–H and O–H groups in total. The predicted molar refractivity (Wildman–Crippen MR) is 65.8 cm³/mol. The summed E-state index contributed by atoms with van der Waals surface area (Å²) in [6.07, 6.45) is 7.57. The zero-order valence-electron chi connectivity index (χ0n) is 10.0. The Morgan fingerprint density at radius 2 is 2.11 bits per heavy atom. The van der Waals surface area contributed by atoms with E-state index >= 15 is 0 Å². The molecule has 2 aromatic rings. The largest absolute Gasteiger partial charge is 0.477 e. The minimum atomic E-state index is -0.976. The number of carboxylic acid groups (broad SMARTS) is 1. The van der Waals surface area contributed by atoms with Crippen LogP contribution in [0.1, 0.15) is 54.2 Å². The van der Waals surface area contributed by atoms with Crippen molar-refractivity contribution in [1.29, 1.82) is 0 Å².